The van der Waals surface area contributed by atoms with Gasteiger partial charge in [-0.1, -0.05) is 17.7 Å². The third kappa shape index (κ3) is 4.24. The van der Waals surface area contributed by atoms with E-state index in [1.165, 1.54) is 27.4 Å². The van der Waals surface area contributed by atoms with E-state index in [4.69, 9.17) is 11.6 Å². The number of amides is 1. The summed E-state index contributed by atoms with van der Waals surface area (Å²) in [5, 5.41) is 11.0. The predicted molar refractivity (Wildman–Crippen MR) is 104 cm³/mol. The molecule has 0 N–H and O–H groups in total. The molecule has 2 aromatic rings. The highest BCUT2D eigenvalue weighted by Gasteiger charge is 2.32. The Balaban J connectivity index is 1.77. The number of hydrogen-bond acceptors (Lipinski definition) is 5. The van der Waals surface area contributed by atoms with Crippen LogP contribution in [-0.4, -0.2) is 54.6 Å². The first-order valence-electron chi connectivity index (χ1n) is 8.61. The summed E-state index contributed by atoms with van der Waals surface area (Å²) >= 11 is 5.93. The molecule has 2 aromatic carbocycles. The Morgan fingerprint density at radius 2 is 1.79 bits per heavy atom. The topological polar surface area (TPSA) is 101 Å². The minimum atomic E-state index is -3.96. The van der Waals surface area contributed by atoms with Crippen molar-refractivity contribution in [2.45, 2.75) is 11.8 Å². The monoisotopic (exact) mass is 441 g/mol. The third-order valence-electron chi connectivity index (χ3n) is 4.69. The zero-order valence-electron chi connectivity index (χ0n) is 15.3. The Bertz CT molecular complexity index is 1080. The molecule has 1 heterocycles. The van der Waals surface area contributed by atoms with Crippen LogP contribution >= 0.6 is 11.6 Å². The molecule has 0 unspecified atom stereocenters. The molecule has 0 radical (unpaired) electrons. The summed E-state index contributed by atoms with van der Waals surface area (Å²) in [5.41, 5.74) is 0.222. The van der Waals surface area contributed by atoms with Gasteiger partial charge < -0.3 is 4.90 Å². The molecule has 0 bridgehead atoms. The lowest BCUT2D eigenvalue weighted by Crippen LogP contribution is -2.50. The van der Waals surface area contributed by atoms with Crippen LogP contribution in [-0.2, 0) is 10.0 Å². The fraction of sp³-hybridized carbons (Fsp3) is 0.278. The first-order chi connectivity index (χ1) is 13.6. The third-order valence-corrected chi connectivity index (χ3v) is 7.04. The van der Waals surface area contributed by atoms with Crippen LogP contribution < -0.4 is 0 Å². The number of sulfonamides is 1. The van der Waals surface area contributed by atoms with Crippen LogP contribution in [0.2, 0.25) is 5.02 Å². The molecule has 0 atom stereocenters. The second-order valence-corrected chi connectivity index (χ2v) is 8.84. The molecule has 3 rings (SSSR count). The summed E-state index contributed by atoms with van der Waals surface area (Å²) in [4.78, 5) is 24.2. The first-order valence-corrected chi connectivity index (χ1v) is 10.4. The fourth-order valence-electron chi connectivity index (χ4n) is 3.08. The molecule has 8 nitrogen and oxygen atoms in total. The normalized spacial score (nSPS) is 15.3. The number of carbonyl (C=O) groups is 1. The molecule has 1 fully saturated rings. The van der Waals surface area contributed by atoms with Gasteiger partial charge >= 0.3 is 0 Å². The minimum Gasteiger partial charge on any atom is -0.336 e. The van der Waals surface area contributed by atoms with Gasteiger partial charge in [0.1, 0.15) is 5.82 Å². The lowest BCUT2D eigenvalue weighted by Gasteiger charge is -2.34. The number of halogens is 2. The molecule has 0 aromatic heterocycles. The van der Waals surface area contributed by atoms with E-state index >= 15 is 0 Å². The summed E-state index contributed by atoms with van der Waals surface area (Å²) < 4.78 is 40.3. The summed E-state index contributed by atoms with van der Waals surface area (Å²) in [6.07, 6.45) is 0. The Morgan fingerprint density at radius 3 is 2.38 bits per heavy atom. The van der Waals surface area contributed by atoms with E-state index in [0.29, 0.717) is 5.56 Å². The molecular formula is C18H17ClFN3O5S. The van der Waals surface area contributed by atoms with Crippen molar-refractivity contribution in [1.29, 1.82) is 0 Å². The van der Waals surface area contributed by atoms with Crippen molar-refractivity contribution in [2.75, 3.05) is 26.2 Å². The average molecular weight is 442 g/mol. The summed E-state index contributed by atoms with van der Waals surface area (Å²) in [6.45, 7) is 1.83. The van der Waals surface area contributed by atoms with Crippen molar-refractivity contribution in [3.05, 3.63) is 68.5 Å². The van der Waals surface area contributed by atoms with E-state index in [1.54, 1.807) is 6.92 Å². The number of nitrogens with zero attached hydrogens (tertiary/aromatic N) is 3. The van der Waals surface area contributed by atoms with Gasteiger partial charge in [0.2, 0.25) is 10.0 Å². The van der Waals surface area contributed by atoms with Gasteiger partial charge in [-0.25, -0.2) is 12.8 Å². The van der Waals surface area contributed by atoms with E-state index in [-0.39, 0.29) is 47.3 Å². The van der Waals surface area contributed by atoms with Crippen molar-refractivity contribution in [3.63, 3.8) is 0 Å². The number of nitro groups is 1. The van der Waals surface area contributed by atoms with Gasteiger partial charge in [0, 0.05) is 38.3 Å². The summed E-state index contributed by atoms with van der Waals surface area (Å²) in [6, 6.07) is 7.14. The molecular weight excluding hydrogens is 425 g/mol. The average Bonchev–Trinajstić information content (AvgIpc) is 2.67. The SMILES string of the molecule is Cc1ccc([N+](=O)[O-])cc1S(=O)(=O)N1CCN(C(=O)c2ccc(F)cc2Cl)CC1. The smallest absolute Gasteiger partial charge is 0.270 e. The van der Waals surface area contributed by atoms with Gasteiger partial charge in [0.25, 0.3) is 11.6 Å². The van der Waals surface area contributed by atoms with Crippen molar-refractivity contribution in [3.8, 4) is 0 Å². The van der Waals surface area contributed by atoms with Gasteiger partial charge in [0.15, 0.2) is 0 Å². The van der Waals surface area contributed by atoms with Crippen LogP contribution in [0.5, 0.6) is 0 Å². The highest BCUT2D eigenvalue weighted by Crippen LogP contribution is 2.26. The lowest BCUT2D eigenvalue weighted by atomic mass is 10.2. The van der Waals surface area contributed by atoms with E-state index < -0.39 is 26.7 Å². The van der Waals surface area contributed by atoms with Gasteiger partial charge in [-0.2, -0.15) is 4.31 Å². The second-order valence-electron chi connectivity index (χ2n) is 6.53. The van der Waals surface area contributed by atoms with Gasteiger partial charge in [-0.3, -0.25) is 14.9 Å². The van der Waals surface area contributed by atoms with Gasteiger partial charge in [-0.15, -0.1) is 0 Å². The molecule has 1 aliphatic rings. The molecule has 0 spiro atoms. The molecule has 1 amide bonds. The van der Waals surface area contributed by atoms with Crippen LogP contribution in [0.25, 0.3) is 0 Å². The van der Waals surface area contributed by atoms with Gasteiger partial charge in [-0.05, 0) is 30.7 Å². The Morgan fingerprint density at radius 1 is 1.14 bits per heavy atom. The number of carbonyl (C=O) groups excluding carboxylic acids is 1. The molecule has 154 valence electrons. The molecule has 1 saturated heterocycles. The number of aryl methyl sites for hydroxylation is 1. The fourth-order valence-corrected chi connectivity index (χ4v) is 5.00. The maximum atomic E-state index is 13.2. The Labute approximate surface area is 171 Å². The maximum absolute atomic E-state index is 13.2. The molecule has 0 aliphatic carbocycles. The Hall–Kier alpha value is -2.56. The Kier molecular flexibility index (Phi) is 5.87. The quantitative estimate of drug-likeness (QED) is 0.536. The largest absolute Gasteiger partial charge is 0.336 e. The zero-order valence-corrected chi connectivity index (χ0v) is 16.9. The van der Waals surface area contributed by atoms with Crippen molar-refractivity contribution in [1.82, 2.24) is 9.21 Å². The van der Waals surface area contributed by atoms with Crippen molar-refractivity contribution in [2.24, 2.45) is 0 Å². The number of rotatable bonds is 4. The van der Waals surface area contributed by atoms with Crippen LogP contribution in [0.3, 0.4) is 0 Å². The molecule has 0 saturated carbocycles. The van der Waals surface area contributed by atoms with E-state index in [9.17, 15) is 27.7 Å². The van der Waals surface area contributed by atoms with Crippen LogP contribution in [0.4, 0.5) is 10.1 Å². The highest BCUT2D eigenvalue weighted by atomic mass is 35.5. The number of nitro benzene ring substituents is 1. The second kappa shape index (κ2) is 8.05. The van der Waals surface area contributed by atoms with E-state index in [0.717, 1.165) is 18.2 Å². The number of piperazine rings is 1. The van der Waals surface area contributed by atoms with E-state index in [1.807, 2.05) is 0 Å². The maximum Gasteiger partial charge on any atom is 0.270 e. The first kappa shape index (κ1) is 21.2. The number of hydrogen-bond donors (Lipinski definition) is 0. The van der Waals surface area contributed by atoms with Crippen LogP contribution in [0, 0.1) is 22.9 Å². The molecule has 1 aliphatic heterocycles. The van der Waals surface area contributed by atoms with Crippen molar-refractivity contribution < 1.29 is 22.5 Å². The van der Waals surface area contributed by atoms with Gasteiger partial charge in [0.05, 0.1) is 20.4 Å². The summed E-state index contributed by atoms with van der Waals surface area (Å²) in [5.74, 6) is -0.978. The summed E-state index contributed by atoms with van der Waals surface area (Å²) in [7, 11) is -3.96. The van der Waals surface area contributed by atoms with Crippen molar-refractivity contribution >= 4 is 33.2 Å². The zero-order chi connectivity index (χ0) is 21.3. The molecule has 29 heavy (non-hydrogen) atoms. The highest BCUT2D eigenvalue weighted by molar-refractivity contribution is 7.89. The molecule has 11 heteroatoms. The number of benzene rings is 2. The number of non-ortho nitro benzene ring substituents is 1. The van der Waals surface area contributed by atoms with Crippen LogP contribution in [0.15, 0.2) is 41.3 Å². The van der Waals surface area contributed by atoms with E-state index in [2.05, 4.69) is 0 Å². The minimum absolute atomic E-state index is 0.0164. The lowest BCUT2D eigenvalue weighted by molar-refractivity contribution is -0.385. The standard InChI is InChI=1S/C18H17ClFN3O5S/c1-12-2-4-14(23(25)26)11-17(12)29(27,28)22-8-6-21(7-9-22)18(24)15-5-3-13(20)10-16(15)19/h2-5,10-11H,6-9H2,1H3. The predicted octanol–water partition coefficient (Wildman–Crippen LogP) is 2.84. The van der Waals surface area contributed by atoms with Crippen LogP contribution in [0.1, 0.15) is 15.9 Å².